The average molecular weight is 732 g/mol. The number of aromatic nitrogens is 2. The van der Waals surface area contributed by atoms with Crippen molar-refractivity contribution >= 4 is 56.7 Å². The van der Waals surface area contributed by atoms with Crippen LogP contribution in [0, 0.1) is 0 Å². The second-order valence-electron chi connectivity index (χ2n) is 13.9. The van der Waals surface area contributed by atoms with E-state index in [4.69, 9.17) is 14.7 Å². The van der Waals surface area contributed by atoms with Gasteiger partial charge in [-0.3, -0.25) is 34.4 Å². The van der Waals surface area contributed by atoms with E-state index in [1.54, 1.807) is 53.1 Å². The topological polar surface area (TPSA) is 160 Å². The molecule has 0 radical (unpaired) electrons. The van der Waals surface area contributed by atoms with Crippen LogP contribution in [0.1, 0.15) is 69.4 Å². The maximum atomic E-state index is 14.3. The number of carbonyl (C=O) groups excluding carboxylic acids is 4. The van der Waals surface area contributed by atoms with E-state index in [2.05, 4.69) is 15.3 Å². The van der Waals surface area contributed by atoms with Crippen LogP contribution in [0.15, 0.2) is 97.3 Å². The Morgan fingerprint density at radius 3 is 2.17 bits per heavy atom. The van der Waals surface area contributed by atoms with Gasteiger partial charge in [-0.25, -0.2) is 5.48 Å². The molecular weight excluding hydrogens is 686 g/mol. The van der Waals surface area contributed by atoms with Gasteiger partial charge in [-0.1, -0.05) is 67.4 Å². The third-order valence-electron chi connectivity index (χ3n) is 9.52. The first-order valence-electron chi connectivity index (χ1n) is 18.3. The first kappa shape index (κ1) is 38.2. The highest BCUT2D eigenvalue weighted by Crippen LogP contribution is 2.30. The van der Waals surface area contributed by atoms with Crippen molar-refractivity contribution in [3.8, 4) is 0 Å². The number of benzene rings is 3. The number of hydrogen-bond acceptors (Lipinski definition) is 9. The van der Waals surface area contributed by atoms with E-state index >= 15 is 0 Å². The molecule has 3 heterocycles. The van der Waals surface area contributed by atoms with Crippen LogP contribution in [0.5, 0.6) is 0 Å². The lowest BCUT2D eigenvalue weighted by Crippen LogP contribution is -2.39. The molecule has 12 nitrogen and oxygen atoms in total. The van der Waals surface area contributed by atoms with Crippen molar-refractivity contribution in [1.29, 1.82) is 0 Å². The summed E-state index contributed by atoms with van der Waals surface area (Å²) in [4.78, 5) is 64.2. The highest BCUT2D eigenvalue weighted by atomic mass is 16.7. The number of nitrogens with one attached hydrogen (secondary N) is 2. The molecule has 0 spiro atoms. The van der Waals surface area contributed by atoms with Crippen LogP contribution in [0.3, 0.4) is 0 Å². The Morgan fingerprint density at radius 1 is 0.833 bits per heavy atom. The zero-order valence-electron chi connectivity index (χ0n) is 30.5. The SMILES string of the molecule is CC1(C)OC[C@@H](CN(C(=O)CCCCCCC(=O)NO)c2ccc(C(C(=O)Cc3cccc4cccnc34)C(=O)Nc3cccc4cccnc34)cc2)O1. The van der Waals surface area contributed by atoms with Gasteiger partial charge < -0.3 is 19.7 Å². The van der Waals surface area contributed by atoms with Crippen molar-refractivity contribution in [1.82, 2.24) is 15.4 Å². The molecule has 5 aromatic rings. The fourth-order valence-electron chi connectivity index (χ4n) is 6.85. The minimum Gasteiger partial charge on any atom is -0.348 e. The minimum absolute atomic E-state index is 0.0218. The molecule has 3 N–H and O–H groups in total. The number of Topliss-reactive ketones (excluding diaryl/α,β-unsaturated/α-hetero) is 1. The third-order valence-corrected chi connectivity index (χ3v) is 9.52. The lowest BCUT2D eigenvalue weighted by Gasteiger charge is -2.27. The Morgan fingerprint density at radius 2 is 1.48 bits per heavy atom. The van der Waals surface area contributed by atoms with Crippen molar-refractivity contribution in [3.63, 3.8) is 0 Å². The van der Waals surface area contributed by atoms with Crippen LogP contribution in [0.25, 0.3) is 21.8 Å². The third kappa shape index (κ3) is 9.51. The molecular formula is C42H45N5O7. The molecule has 1 aliphatic heterocycles. The lowest BCUT2D eigenvalue weighted by atomic mass is 9.89. The molecule has 54 heavy (non-hydrogen) atoms. The van der Waals surface area contributed by atoms with E-state index in [9.17, 15) is 19.2 Å². The number of hydrogen-bond donors (Lipinski definition) is 3. The molecule has 2 aromatic heterocycles. The van der Waals surface area contributed by atoms with Gasteiger partial charge in [0.2, 0.25) is 17.7 Å². The number of carbonyl (C=O) groups is 4. The molecule has 0 bridgehead atoms. The summed E-state index contributed by atoms with van der Waals surface area (Å²) >= 11 is 0. The van der Waals surface area contributed by atoms with E-state index < -0.39 is 23.5 Å². The van der Waals surface area contributed by atoms with Crippen LogP contribution < -0.4 is 15.7 Å². The first-order valence-corrected chi connectivity index (χ1v) is 18.3. The molecule has 6 rings (SSSR count). The molecule has 12 heteroatoms. The van der Waals surface area contributed by atoms with Crippen LogP contribution >= 0.6 is 0 Å². The van der Waals surface area contributed by atoms with Crippen molar-refractivity contribution in [2.45, 2.75) is 76.6 Å². The van der Waals surface area contributed by atoms with Crippen molar-refractivity contribution in [2.75, 3.05) is 23.4 Å². The first-order chi connectivity index (χ1) is 26.1. The molecule has 3 aromatic carbocycles. The number of rotatable bonds is 16. The van der Waals surface area contributed by atoms with Crippen molar-refractivity contribution in [2.24, 2.45) is 0 Å². The Balaban J connectivity index is 1.26. The molecule has 1 unspecified atom stereocenters. The number of nitrogens with zero attached hydrogens (tertiary/aromatic N) is 3. The van der Waals surface area contributed by atoms with Crippen molar-refractivity contribution in [3.05, 3.63) is 108 Å². The van der Waals surface area contributed by atoms with Crippen LogP contribution in [-0.4, -0.2) is 63.7 Å². The van der Waals surface area contributed by atoms with Gasteiger partial charge in [0.05, 0.1) is 29.9 Å². The van der Waals surface area contributed by atoms with E-state index in [0.29, 0.717) is 47.4 Å². The summed E-state index contributed by atoms with van der Waals surface area (Å²) in [5, 5.41) is 13.4. The van der Waals surface area contributed by atoms with E-state index in [0.717, 1.165) is 29.2 Å². The zero-order valence-corrected chi connectivity index (χ0v) is 30.5. The van der Waals surface area contributed by atoms with Crippen LogP contribution in [-0.2, 0) is 35.1 Å². The zero-order chi connectivity index (χ0) is 38.1. The number of hydroxylamine groups is 1. The molecule has 280 valence electrons. The van der Waals surface area contributed by atoms with Gasteiger partial charge in [0.15, 0.2) is 11.6 Å². The number of amides is 3. The molecule has 0 aliphatic carbocycles. The summed E-state index contributed by atoms with van der Waals surface area (Å²) in [5.41, 5.74) is 5.23. The summed E-state index contributed by atoms with van der Waals surface area (Å²) in [6.07, 6.45) is 6.15. The number of pyridine rings is 2. The fourth-order valence-corrected chi connectivity index (χ4v) is 6.85. The van der Waals surface area contributed by atoms with E-state index in [1.807, 2.05) is 68.4 Å². The summed E-state index contributed by atoms with van der Waals surface area (Å²) in [6.45, 7) is 4.24. The van der Waals surface area contributed by atoms with Crippen LogP contribution in [0.2, 0.25) is 0 Å². The largest absolute Gasteiger partial charge is 0.348 e. The van der Waals surface area contributed by atoms with Gasteiger partial charge in [0.1, 0.15) is 12.0 Å². The number of fused-ring (bicyclic) bond motifs is 2. The molecule has 3 amide bonds. The molecule has 0 saturated carbocycles. The molecule has 1 saturated heterocycles. The van der Waals surface area contributed by atoms with Gasteiger partial charge in [-0.15, -0.1) is 0 Å². The summed E-state index contributed by atoms with van der Waals surface area (Å²) < 4.78 is 11.8. The van der Waals surface area contributed by atoms with E-state index in [1.165, 1.54) is 0 Å². The Labute approximate surface area is 313 Å². The van der Waals surface area contributed by atoms with Crippen LogP contribution in [0.4, 0.5) is 11.4 Å². The summed E-state index contributed by atoms with van der Waals surface area (Å²) in [5.74, 6) is -3.30. The quantitative estimate of drug-likeness (QED) is 0.0437. The molecule has 1 aliphatic rings. The Bertz CT molecular complexity index is 2020. The van der Waals surface area contributed by atoms with Gasteiger partial charge >= 0.3 is 0 Å². The van der Waals surface area contributed by atoms with E-state index in [-0.39, 0.29) is 43.6 Å². The number of ketones is 1. The smallest absolute Gasteiger partial charge is 0.243 e. The van der Waals surface area contributed by atoms with Gasteiger partial charge in [0.25, 0.3) is 0 Å². The van der Waals surface area contributed by atoms with Gasteiger partial charge in [0, 0.05) is 48.1 Å². The fraction of sp³-hybridized carbons (Fsp3) is 0.333. The summed E-state index contributed by atoms with van der Waals surface area (Å²) in [6, 6.07) is 25.6. The van der Waals surface area contributed by atoms with Crippen molar-refractivity contribution < 1.29 is 33.9 Å². The number of anilines is 2. The Hall–Kier alpha value is -5.56. The highest BCUT2D eigenvalue weighted by Gasteiger charge is 2.35. The maximum absolute atomic E-state index is 14.3. The monoisotopic (exact) mass is 731 g/mol. The molecule has 1 fully saturated rings. The standard InChI is InChI=1S/C42H45N5O7/c1-42(2)53-27-33(54-42)26-47(37(50)18-6-4-3-5-17-36(49)46-52)32-21-19-28(20-22-32)38(35(48)25-31-13-7-11-29-14-9-23-43-39(29)31)41(51)45-34-16-8-12-30-15-10-24-44-40(30)34/h7-16,19-24,33,38,52H,3-6,17-18,25-27H2,1-2H3,(H,45,51)(H,46,49)/t33-,38?/m1/s1. The molecule has 2 atom stereocenters. The number of para-hydroxylation sites is 2. The second-order valence-corrected chi connectivity index (χ2v) is 13.9. The maximum Gasteiger partial charge on any atom is 0.243 e. The number of ether oxygens (including phenoxy) is 2. The van der Waals surface area contributed by atoms with Gasteiger partial charge in [-0.2, -0.15) is 0 Å². The second kappa shape index (κ2) is 17.5. The predicted molar refractivity (Wildman–Crippen MR) is 205 cm³/mol. The van der Waals surface area contributed by atoms with Gasteiger partial charge in [-0.05, 0) is 68.1 Å². The lowest BCUT2D eigenvalue weighted by molar-refractivity contribution is -0.138. The summed E-state index contributed by atoms with van der Waals surface area (Å²) in [7, 11) is 0. The predicted octanol–water partition coefficient (Wildman–Crippen LogP) is 6.65. The highest BCUT2D eigenvalue weighted by molar-refractivity contribution is 6.14. The number of unbranched alkanes of at least 4 members (excludes halogenated alkanes) is 3. The normalized spacial score (nSPS) is 15.5. The minimum atomic E-state index is -1.18. The Kier molecular flexibility index (Phi) is 12.4. The average Bonchev–Trinajstić information content (AvgIpc) is 3.53.